The number of nitrogens with one attached hydrogen (secondary N) is 2. The Morgan fingerprint density at radius 2 is 2.07 bits per heavy atom. The van der Waals surface area contributed by atoms with Crippen molar-refractivity contribution in [2.75, 3.05) is 18.1 Å². The van der Waals surface area contributed by atoms with Crippen molar-refractivity contribution < 1.29 is 4.21 Å². The maximum atomic E-state index is 11.6. The van der Waals surface area contributed by atoms with Crippen LogP contribution in [0.15, 0.2) is 53.6 Å². The van der Waals surface area contributed by atoms with Gasteiger partial charge in [-0.1, -0.05) is 18.2 Å². The Morgan fingerprint density at radius 3 is 2.93 bits per heavy atom. The number of pyridine rings is 1. The zero-order valence-corrected chi connectivity index (χ0v) is 16.4. The van der Waals surface area contributed by atoms with Crippen molar-refractivity contribution >= 4 is 39.2 Å². The third-order valence-corrected chi connectivity index (χ3v) is 5.99. The minimum atomic E-state index is -0.954. The zero-order chi connectivity index (χ0) is 18.8. The van der Waals surface area contributed by atoms with Crippen LogP contribution in [0.1, 0.15) is 23.6 Å². The Hall–Kier alpha value is -2.50. The fourth-order valence-corrected chi connectivity index (χ4v) is 3.70. The third kappa shape index (κ3) is 3.94. The van der Waals surface area contributed by atoms with E-state index in [1.165, 1.54) is 11.1 Å². The molecule has 27 heavy (non-hydrogen) atoms. The Balaban J connectivity index is 1.66. The highest BCUT2D eigenvalue weighted by Crippen LogP contribution is 2.28. The lowest BCUT2D eigenvalue weighted by Crippen LogP contribution is -2.23. The molecule has 1 aromatic heterocycles. The summed E-state index contributed by atoms with van der Waals surface area (Å²) in [6.45, 7) is 3.86. The molecule has 2 aromatic carbocycles. The second kappa shape index (κ2) is 7.62. The number of allylic oxidation sites excluding steroid dienone is 1. The molecule has 0 spiro atoms. The number of fused-ring (bicyclic) bond motifs is 2. The molecule has 1 atom stereocenters. The van der Waals surface area contributed by atoms with Crippen LogP contribution in [-0.2, 0) is 23.8 Å². The average molecular weight is 378 g/mol. The van der Waals surface area contributed by atoms with Crippen molar-refractivity contribution in [1.82, 2.24) is 10.3 Å². The fraction of sp³-hybridized carbons (Fsp3) is 0.227. The van der Waals surface area contributed by atoms with Crippen LogP contribution in [0.5, 0.6) is 0 Å². The van der Waals surface area contributed by atoms with E-state index in [1.807, 2.05) is 37.4 Å². The second-order valence-corrected chi connectivity index (χ2v) is 8.43. The van der Waals surface area contributed by atoms with E-state index in [1.54, 1.807) is 6.26 Å². The highest BCUT2D eigenvalue weighted by Gasteiger charge is 2.10. The Morgan fingerprint density at radius 1 is 1.19 bits per heavy atom. The van der Waals surface area contributed by atoms with Crippen LogP contribution in [0.2, 0.25) is 0 Å². The van der Waals surface area contributed by atoms with Crippen molar-refractivity contribution in [2.24, 2.45) is 0 Å². The molecular weight excluding hydrogens is 354 g/mol. The lowest BCUT2D eigenvalue weighted by molar-refractivity contribution is 0.644. The van der Waals surface area contributed by atoms with Crippen molar-refractivity contribution in [3.8, 4) is 0 Å². The molecular formula is C22H23N3OS. The van der Waals surface area contributed by atoms with Gasteiger partial charge in [0.2, 0.25) is 0 Å². The molecule has 1 aliphatic heterocycles. The van der Waals surface area contributed by atoms with Gasteiger partial charge in [-0.2, -0.15) is 0 Å². The van der Waals surface area contributed by atoms with Crippen LogP contribution in [-0.4, -0.2) is 22.0 Å². The van der Waals surface area contributed by atoms with Crippen LogP contribution < -0.4 is 10.6 Å². The van der Waals surface area contributed by atoms with E-state index in [2.05, 4.69) is 39.9 Å². The van der Waals surface area contributed by atoms with Gasteiger partial charge in [-0.3, -0.25) is 9.19 Å². The van der Waals surface area contributed by atoms with E-state index < -0.39 is 10.8 Å². The molecule has 138 valence electrons. The summed E-state index contributed by atoms with van der Waals surface area (Å²) in [6.07, 6.45) is 6.56. The Labute approximate surface area is 162 Å². The summed E-state index contributed by atoms with van der Waals surface area (Å²) in [5, 5.41) is 8.04. The van der Waals surface area contributed by atoms with Gasteiger partial charge in [-0.05, 0) is 66.9 Å². The number of benzene rings is 2. The maximum absolute atomic E-state index is 11.6. The minimum Gasteiger partial charge on any atom is -0.355 e. The lowest BCUT2D eigenvalue weighted by Gasteiger charge is -2.18. The SMILES string of the molecule is C/C(=C/c1ccc2c(Nc3ccc4c(c3)CNCC4)ccnc2c1)S(C)=O. The molecule has 2 N–H and O–H groups in total. The molecule has 1 unspecified atom stereocenters. The van der Waals surface area contributed by atoms with Crippen molar-refractivity contribution in [1.29, 1.82) is 0 Å². The second-order valence-electron chi connectivity index (χ2n) is 6.88. The number of hydrogen-bond donors (Lipinski definition) is 2. The van der Waals surface area contributed by atoms with Gasteiger partial charge < -0.3 is 10.6 Å². The number of rotatable bonds is 4. The van der Waals surface area contributed by atoms with Crippen LogP contribution in [0, 0.1) is 0 Å². The number of aromatic nitrogens is 1. The van der Waals surface area contributed by atoms with E-state index in [0.717, 1.165) is 52.3 Å². The van der Waals surface area contributed by atoms with E-state index in [9.17, 15) is 4.21 Å². The fourth-order valence-electron chi connectivity index (χ4n) is 3.40. The predicted octanol–water partition coefficient (Wildman–Crippen LogP) is 4.36. The largest absolute Gasteiger partial charge is 0.355 e. The third-order valence-electron chi connectivity index (χ3n) is 4.96. The van der Waals surface area contributed by atoms with Gasteiger partial charge in [0, 0.05) is 51.5 Å². The number of nitrogens with zero attached hydrogens (tertiary/aromatic N) is 1. The summed E-state index contributed by atoms with van der Waals surface area (Å²) in [4.78, 5) is 5.36. The summed E-state index contributed by atoms with van der Waals surface area (Å²) in [5.41, 5.74) is 6.85. The number of anilines is 2. The monoisotopic (exact) mass is 377 g/mol. The Kier molecular flexibility index (Phi) is 5.05. The molecule has 4 rings (SSSR count). The quantitative estimate of drug-likeness (QED) is 0.709. The van der Waals surface area contributed by atoms with Crippen LogP contribution in [0.4, 0.5) is 11.4 Å². The van der Waals surface area contributed by atoms with Gasteiger partial charge >= 0.3 is 0 Å². The first-order valence-electron chi connectivity index (χ1n) is 9.10. The molecule has 0 bridgehead atoms. The normalized spacial score (nSPS) is 15.4. The molecule has 3 aromatic rings. The molecule has 1 aliphatic rings. The van der Waals surface area contributed by atoms with Crippen molar-refractivity contribution in [2.45, 2.75) is 19.9 Å². The van der Waals surface area contributed by atoms with Crippen molar-refractivity contribution in [3.05, 3.63) is 70.3 Å². The van der Waals surface area contributed by atoms with Crippen LogP contribution in [0.25, 0.3) is 17.0 Å². The topological polar surface area (TPSA) is 54.0 Å². The van der Waals surface area contributed by atoms with E-state index in [-0.39, 0.29) is 0 Å². The molecule has 0 saturated carbocycles. The highest BCUT2D eigenvalue weighted by molar-refractivity contribution is 7.88. The van der Waals surface area contributed by atoms with Gasteiger partial charge in [0.15, 0.2) is 0 Å². The van der Waals surface area contributed by atoms with Gasteiger partial charge in [0.25, 0.3) is 0 Å². The molecule has 2 heterocycles. The smallest absolute Gasteiger partial charge is 0.0728 e. The van der Waals surface area contributed by atoms with Gasteiger partial charge in [0.05, 0.1) is 5.52 Å². The van der Waals surface area contributed by atoms with Crippen LogP contribution in [0.3, 0.4) is 0 Å². The maximum Gasteiger partial charge on any atom is 0.0728 e. The van der Waals surface area contributed by atoms with Gasteiger partial charge in [-0.15, -0.1) is 0 Å². The lowest BCUT2D eigenvalue weighted by atomic mass is 10.0. The highest BCUT2D eigenvalue weighted by atomic mass is 32.2. The Bertz CT molecular complexity index is 1060. The summed E-state index contributed by atoms with van der Waals surface area (Å²) >= 11 is 0. The molecule has 0 amide bonds. The number of hydrogen-bond acceptors (Lipinski definition) is 4. The molecule has 0 fully saturated rings. The van der Waals surface area contributed by atoms with E-state index in [4.69, 9.17) is 0 Å². The predicted molar refractivity (Wildman–Crippen MR) is 115 cm³/mol. The molecule has 0 saturated heterocycles. The first kappa shape index (κ1) is 17.9. The first-order chi connectivity index (χ1) is 13.1. The average Bonchev–Trinajstić information content (AvgIpc) is 2.68. The summed E-state index contributed by atoms with van der Waals surface area (Å²) < 4.78 is 11.6. The molecule has 4 nitrogen and oxygen atoms in total. The van der Waals surface area contributed by atoms with E-state index >= 15 is 0 Å². The van der Waals surface area contributed by atoms with Gasteiger partial charge in [-0.25, -0.2) is 0 Å². The minimum absolute atomic E-state index is 0.853. The standard InChI is InChI=1S/C22H23N3OS/c1-15(27(2)26)11-16-3-6-20-21(8-10-24-22(20)12-16)25-19-5-4-17-7-9-23-14-18(17)13-19/h3-6,8,10-13,23H,7,9,14H2,1-2H3,(H,24,25)/b15-11-. The first-order valence-corrected chi connectivity index (χ1v) is 10.7. The van der Waals surface area contributed by atoms with Crippen molar-refractivity contribution in [3.63, 3.8) is 0 Å². The molecule has 0 radical (unpaired) electrons. The molecule has 5 heteroatoms. The molecule has 0 aliphatic carbocycles. The summed E-state index contributed by atoms with van der Waals surface area (Å²) in [5.74, 6) is 0. The zero-order valence-electron chi connectivity index (χ0n) is 15.6. The van der Waals surface area contributed by atoms with E-state index in [0.29, 0.717) is 0 Å². The van der Waals surface area contributed by atoms with Crippen LogP contribution >= 0.6 is 0 Å². The van der Waals surface area contributed by atoms with Gasteiger partial charge in [0.1, 0.15) is 0 Å². The summed E-state index contributed by atoms with van der Waals surface area (Å²) in [7, 11) is -0.954. The summed E-state index contributed by atoms with van der Waals surface area (Å²) in [6, 6.07) is 14.7.